The van der Waals surface area contributed by atoms with Crippen LogP contribution < -0.4 is 0 Å². The third-order valence-electron chi connectivity index (χ3n) is 13.9. The summed E-state index contributed by atoms with van der Waals surface area (Å²) in [7, 11) is 0. The zero-order chi connectivity index (χ0) is 70.1. The van der Waals surface area contributed by atoms with E-state index >= 15 is 0 Å². The predicted octanol–water partition coefficient (Wildman–Crippen LogP) is 21.1. The molecule has 538 valence electrons. The first kappa shape index (κ1) is 102. The van der Waals surface area contributed by atoms with Crippen LogP contribution >= 0.6 is 0 Å². The summed E-state index contributed by atoms with van der Waals surface area (Å²) in [5.41, 5.74) is 0. The minimum atomic E-state index is -0.745. The molecule has 90 heavy (non-hydrogen) atoms. The van der Waals surface area contributed by atoms with Gasteiger partial charge in [0.1, 0.15) is 5.78 Å². The summed E-state index contributed by atoms with van der Waals surface area (Å²) in [5, 5.41) is 7.72. The van der Waals surface area contributed by atoms with Crippen molar-refractivity contribution in [2.45, 2.75) is 349 Å². The first-order valence-corrected chi connectivity index (χ1v) is 36.8. The van der Waals surface area contributed by atoms with Crippen LogP contribution in [0.25, 0.3) is 0 Å². The highest BCUT2D eigenvalue weighted by Crippen LogP contribution is 2.30. The van der Waals surface area contributed by atoms with Crippen molar-refractivity contribution in [3.05, 3.63) is 24.8 Å². The molecular weight excluding hydrogens is 1130 g/mol. The highest BCUT2D eigenvalue weighted by atomic mass is 16.5. The first-order chi connectivity index (χ1) is 43.4. The Morgan fingerprint density at radius 3 is 1.11 bits per heavy atom. The Balaban J connectivity index is -0.000000160. The number of ketones is 1. The average molecular weight is 1290 g/mol. The van der Waals surface area contributed by atoms with Crippen LogP contribution in [0.4, 0.5) is 0 Å². The number of nitrogens with zero attached hydrogens (tertiary/aromatic N) is 2. The molecule has 0 spiro atoms. The van der Waals surface area contributed by atoms with E-state index in [1.807, 2.05) is 58.6 Å². The predicted molar refractivity (Wildman–Crippen MR) is 384 cm³/mol. The fourth-order valence-electron chi connectivity index (χ4n) is 7.51. The zero-order valence-electron chi connectivity index (χ0n) is 62.7. The molecule has 1 heterocycles. The zero-order valence-corrected chi connectivity index (χ0v) is 62.7. The fraction of sp³-hybridized carbons (Fsp3) is 0.855. The quantitative estimate of drug-likeness (QED) is 0.0200. The van der Waals surface area contributed by atoms with E-state index in [-0.39, 0.29) is 61.6 Å². The van der Waals surface area contributed by atoms with Crippen molar-refractivity contribution in [1.29, 1.82) is 0 Å². The average Bonchev–Trinajstić information content (AvgIpc) is 3.50. The second-order valence-corrected chi connectivity index (χ2v) is 23.2. The highest BCUT2D eigenvalue weighted by molar-refractivity contribution is 5.86. The number of rotatable bonds is 43. The summed E-state index contributed by atoms with van der Waals surface area (Å²) in [6, 6.07) is 0. The van der Waals surface area contributed by atoms with E-state index in [0.717, 1.165) is 90.1 Å². The molecule has 0 aromatic rings. The molecule has 2 rings (SSSR count). The van der Waals surface area contributed by atoms with E-state index < -0.39 is 5.97 Å². The van der Waals surface area contributed by atoms with Gasteiger partial charge in [0.15, 0.2) is 0 Å². The summed E-state index contributed by atoms with van der Waals surface area (Å²) >= 11 is 0. The number of carboxylic acid groups (broad SMARTS) is 1. The topological polar surface area (TPSA) is 183 Å². The summed E-state index contributed by atoms with van der Waals surface area (Å²) in [5.74, 6) is -0.280. The number of allylic oxidation sites excluding steroid dienone is 3. The Kier molecular flexibility index (Phi) is 104. The van der Waals surface area contributed by atoms with E-state index in [2.05, 4.69) is 87.5 Å². The number of hydrogen-bond acceptors (Lipinski definition) is 12. The molecule has 1 saturated carbocycles. The van der Waals surface area contributed by atoms with Gasteiger partial charge in [-0.2, -0.15) is 0 Å². The molecule has 2 fully saturated rings. The van der Waals surface area contributed by atoms with Crippen molar-refractivity contribution < 1.29 is 57.6 Å². The van der Waals surface area contributed by atoms with Crippen molar-refractivity contribution in [2.24, 2.45) is 17.8 Å². The van der Waals surface area contributed by atoms with Crippen molar-refractivity contribution in [1.82, 2.24) is 9.80 Å². The van der Waals surface area contributed by atoms with Crippen LogP contribution in [-0.4, -0.2) is 116 Å². The molecule has 0 radical (unpaired) electrons. The number of carboxylic acids is 1. The van der Waals surface area contributed by atoms with Crippen LogP contribution in [-0.2, 0) is 52.5 Å². The van der Waals surface area contributed by atoms with Gasteiger partial charge in [-0.1, -0.05) is 276 Å². The molecule has 0 bridgehead atoms. The molecule has 1 aliphatic carbocycles. The van der Waals surface area contributed by atoms with Gasteiger partial charge in [0, 0.05) is 37.8 Å². The molecule has 1 N–H and O–H groups in total. The second-order valence-electron chi connectivity index (χ2n) is 23.2. The van der Waals surface area contributed by atoms with Gasteiger partial charge in [-0.05, 0) is 84.5 Å². The van der Waals surface area contributed by atoms with Crippen LogP contribution in [0.2, 0.25) is 0 Å². The standard InChI is InChI=1S/C25H45NO5.C14H28O2.C9H17NO.C9H18O2.C4H10.C4H8.C3H6O2.C3H8.C3H6.C2H6/c1-3-5-7-9-11-13-17-30-24(28)20-26(19-23(27)22-15-16-22)21-25(29)31-18-14-12-10-8-6-4-2;1-4-6-7-8-9-10-11-16-14(15)12-13(3)5-2;1-3-8(2)9(11)10-6-4-5-7-10;1-2-3-4-5-6-7-8-11-9-10;2*1-3-4-2;1-2-3(4)5;2*1-3-2;1-2/h22H,3-21H2,1-2H3;13H,4-12H2,1-3H3;8H,3-7H2,1-2H3;9H,2-8H2,1H3;3-4H2,1-2H3;3-4H,1-2H3;2H2,1H3,(H,4,5);3H2,1-2H3;3H,1H2,2H3;1-2H3/b;;;;;4-3-;;;;. The molecule has 14 nitrogen and oxygen atoms in total. The lowest BCUT2D eigenvalue weighted by Crippen LogP contribution is -2.40. The molecular formula is C76H152N2O12. The number of aliphatic carboxylic acids is 1. The maximum absolute atomic E-state index is 12.2. The maximum atomic E-state index is 12.2. The molecule has 0 aromatic heterocycles. The minimum absolute atomic E-state index is 0.0251. The lowest BCUT2D eigenvalue weighted by Gasteiger charge is -2.20. The summed E-state index contributed by atoms with van der Waals surface area (Å²) in [6.07, 6.45) is 45.0. The molecule has 2 atom stereocenters. The van der Waals surface area contributed by atoms with Crippen molar-refractivity contribution in [2.75, 3.05) is 59.2 Å². The Morgan fingerprint density at radius 1 is 0.511 bits per heavy atom. The number of esters is 3. The number of ether oxygens (including phenoxy) is 4. The lowest BCUT2D eigenvalue weighted by atomic mass is 10.1. The molecule has 1 amide bonds. The van der Waals surface area contributed by atoms with Gasteiger partial charge >= 0.3 is 23.9 Å². The van der Waals surface area contributed by atoms with Crippen LogP contribution in [0.3, 0.4) is 0 Å². The first-order valence-electron chi connectivity index (χ1n) is 36.8. The van der Waals surface area contributed by atoms with E-state index in [9.17, 15) is 33.6 Å². The Bertz CT molecular complexity index is 1480. The molecule has 2 aliphatic rings. The second kappa shape index (κ2) is 91.3. The van der Waals surface area contributed by atoms with Crippen molar-refractivity contribution in [3.8, 4) is 0 Å². The maximum Gasteiger partial charge on any atom is 0.320 e. The number of amides is 1. The molecule has 14 heteroatoms. The Labute approximate surface area is 558 Å². The van der Waals surface area contributed by atoms with E-state index in [1.165, 1.54) is 135 Å². The summed E-state index contributed by atoms with van der Waals surface area (Å²) in [4.78, 5) is 82.1. The monoisotopic (exact) mass is 1290 g/mol. The largest absolute Gasteiger partial charge is 0.481 e. The van der Waals surface area contributed by atoms with Gasteiger partial charge in [0.2, 0.25) is 5.91 Å². The third kappa shape index (κ3) is 97.5. The van der Waals surface area contributed by atoms with Gasteiger partial charge in [-0.3, -0.25) is 38.5 Å². The van der Waals surface area contributed by atoms with Gasteiger partial charge < -0.3 is 29.0 Å². The van der Waals surface area contributed by atoms with Gasteiger partial charge in [-0.15, -0.1) is 6.58 Å². The number of hydrogen-bond donors (Lipinski definition) is 1. The molecule has 1 aliphatic heterocycles. The third-order valence-corrected chi connectivity index (χ3v) is 13.9. The number of carbonyl (C=O) groups excluding carboxylic acids is 6. The Hall–Kier alpha value is -4.07. The highest BCUT2D eigenvalue weighted by Gasteiger charge is 2.31. The van der Waals surface area contributed by atoms with Crippen LogP contribution in [0, 0.1) is 17.8 Å². The molecule has 0 aromatic carbocycles. The SMILES string of the molecule is C/C=C\C.C=CC.CC.CCC.CCC(=O)O.CCC(C)C(=O)N1CCCC1.CCCC.CCCCCCCCOC(=O)CC(C)CC.CCCCCCCCOC(=O)CN(CC(=O)OCCCCCCCC)CC(=O)C1CC1.CCCCCCCCOC=O. The number of Topliss-reactive ketones (excluding diaryl/α,β-unsaturated/α-hetero) is 1. The smallest absolute Gasteiger partial charge is 0.320 e. The van der Waals surface area contributed by atoms with Crippen molar-refractivity contribution in [3.63, 3.8) is 0 Å². The molecule has 1 saturated heterocycles. The number of carbonyl (C=O) groups is 7. The lowest BCUT2D eigenvalue weighted by molar-refractivity contribution is -0.149. The van der Waals surface area contributed by atoms with Crippen LogP contribution in [0.1, 0.15) is 349 Å². The van der Waals surface area contributed by atoms with Gasteiger partial charge in [0.25, 0.3) is 6.47 Å². The molecule has 2 unspecified atom stereocenters. The van der Waals surface area contributed by atoms with Gasteiger partial charge in [0.05, 0.1) is 46.1 Å². The Morgan fingerprint density at radius 2 is 0.833 bits per heavy atom. The fourth-order valence-corrected chi connectivity index (χ4v) is 7.51. The summed E-state index contributed by atoms with van der Waals surface area (Å²) < 4.78 is 20.4. The normalized spacial score (nSPS) is 12.1. The van der Waals surface area contributed by atoms with E-state index in [4.69, 9.17) is 19.3 Å². The number of unbranched alkanes of at least 4 members (excludes halogenated alkanes) is 21. The van der Waals surface area contributed by atoms with E-state index in [1.54, 1.807) is 17.9 Å². The van der Waals surface area contributed by atoms with Crippen LogP contribution in [0.5, 0.6) is 0 Å². The number of likely N-dealkylation sites (tertiary alicyclic amines) is 1. The van der Waals surface area contributed by atoms with E-state index in [0.29, 0.717) is 51.1 Å². The van der Waals surface area contributed by atoms with Crippen molar-refractivity contribution >= 4 is 42.0 Å². The van der Waals surface area contributed by atoms with Crippen LogP contribution in [0.15, 0.2) is 24.8 Å². The van der Waals surface area contributed by atoms with Gasteiger partial charge in [-0.25, -0.2) is 0 Å². The minimum Gasteiger partial charge on any atom is -0.481 e. The summed E-state index contributed by atoms with van der Waals surface area (Å²) in [6.45, 7) is 45.1.